The second-order valence-electron chi connectivity index (χ2n) is 5.90. The van der Waals surface area contributed by atoms with Crippen molar-refractivity contribution in [3.8, 4) is 0 Å². The third kappa shape index (κ3) is 2.32. The van der Waals surface area contributed by atoms with Crippen LogP contribution in [0.2, 0.25) is 0 Å². The Kier molecular flexibility index (Phi) is 2.94. The molecule has 2 aliphatic rings. The van der Waals surface area contributed by atoms with Crippen molar-refractivity contribution in [2.24, 2.45) is 0 Å². The molecule has 1 saturated heterocycles. The minimum atomic E-state index is -0.0353. The number of benzene rings is 1. The zero-order chi connectivity index (χ0) is 12.6. The summed E-state index contributed by atoms with van der Waals surface area (Å²) >= 11 is 0. The van der Waals surface area contributed by atoms with Gasteiger partial charge in [-0.05, 0) is 50.5 Å². The standard InChI is InChI=1S/C15H22N2O/c1-15(2)11-17(8-9-18-15)13-5-6-14-12(10-13)4-3-7-16-14/h5-6,10,16H,3-4,7-9,11H2,1-2H3. The molecule has 3 heteroatoms. The minimum absolute atomic E-state index is 0.0353. The van der Waals surface area contributed by atoms with E-state index in [0.717, 1.165) is 26.2 Å². The lowest BCUT2D eigenvalue weighted by Gasteiger charge is -2.39. The predicted molar refractivity (Wildman–Crippen MR) is 75.5 cm³/mol. The molecule has 0 radical (unpaired) electrons. The van der Waals surface area contributed by atoms with Crippen molar-refractivity contribution in [1.82, 2.24) is 0 Å². The van der Waals surface area contributed by atoms with Crippen LogP contribution in [0.1, 0.15) is 25.8 Å². The molecule has 0 unspecified atom stereocenters. The molecule has 3 rings (SSSR count). The number of hydrogen-bond acceptors (Lipinski definition) is 3. The molecule has 0 bridgehead atoms. The van der Waals surface area contributed by atoms with E-state index >= 15 is 0 Å². The van der Waals surface area contributed by atoms with E-state index in [1.54, 1.807) is 0 Å². The Labute approximate surface area is 109 Å². The third-order valence-corrected chi connectivity index (χ3v) is 3.82. The van der Waals surface area contributed by atoms with Crippen LogP contribution in [0.4, 0.5) is 11.4 Å². The zero-order valence-corrected chi connectivity index (χ0v) is 11.3. The van der Waals surface area contributed by atoms with Gasteiger partial charge < -0.3 is 15.0 Å². The van der Waals surface area contributed by atoms with Gasteiger partial charge in [-0.1, -0.05) is 0 Å². The van der Waals surface area contributed by atoms with E-state index in [9.17, 15) is 0 Å². The van der Waals surface area contributed by atoms with Crippen molar-refractivity contribution in [3.63, 3.8) is 0 Å². The fourth-order valence-corrected chi connectivity index (χ4v) is 2.89. The van der Waals surface area contributed by atoms with Crippen molar-refractivity contribution < 1.29 is 4.74 Å². The predicted octanol–water partition coefficient (Wildman–Crippen LogP) is 2.66. The van der Waals surface area contributed by atoms with Crippen LogP contribution < -0.4 is 10.2 Å². The molecule has 2 aliphatic heterocycles. The van der Waals surface area contributed by atoms with Gasteiger partial charge in [-0.2, -0.15) is 0 Å². The van der Waals surface area contributed by atoms with Crippen LogP contribution in [-0.2, 0) is 11.2 Å². The molecule has 1 aromatic rings. The van der Waals surface area contributed by atoms with E-state index in [4.69, 9.17) is 4.74 Å². The van der Waals surface area contributed by atoms with Gasteiger partial charge in [-0.3, -0.25) is 0 Å². The average molecular weight is 246 g/mol. The van der Waals surface area contributed by atoms with Crippen LogP contribution >= 0.6 is 0 Å². The highest BCUT2D eigenvalue weighted by Gasteiger charge is 2.27. The molecule has 0 atom stereocenters. The first kappa shape index (κ1) is 11.8. The van der Waals surface area contributed by atoms with Gasteiger partial charge in [0.15, 0.2) is 0 Å². The molecule has 0 amide bonds. The lowest BCUT2D eigenvalue weighted by Crippen LogP contribution is -2.48. The van der Waals surface area contributed by atoms with Crippen molar-refractivity contribution >= 4 is 11.4 Å². The van der Waals surface area contributed by atoms with Gasteiger partial charge in [-0.15, -0.1) is 0 Å². The van der Waals surface area contributed by atoms with Crippen LogP contribution in [-0.4, -0.2) is 31.8 Å². The molecule has 98 valence electrons. The lowest BCUT2D eigenvalue weighted by atomic mass is 10.0. The summed E-state index contributed by atoms with van der Waals surface area (Å²) in [5.74, 6) is 0. The summed E-state index contributed by atoms with van der Waals surface area (Å²) < 4.78 is 5.78. The molecule has 1 fully saturated rings. The number of hydrogen-bond donors (Lipinski definition) is 1. The minimum Gasteiger partial charge on any atom is -0.385 e. The van der Waals surface area contributed by atoms with E-state index in [0.29, 0.717) is 0 Å². The van der Waals surface area contributed by atoms with Crippen molar-refractivity contribution in [3.05, 3.63) is 23.8 Å². The first-order valence-corrected chi connectivity index (χ1v) is 6.90. The summed E-state index contributed by atoms with van der Waals surface area (Å²) in [6.45, 7) is 8.23. The highest BCUT2D eigenvalue weighted by atomic mass is 16.5. The van der Waals surface area contributed by atoms with Gasteiger partial charge in [0.25, 0.3) is 0 Å². The molecule has 0 aromatic heterocycles. The number of ether oxygens (including phenoxy) is 1. The summed E-state index contributed by atoms with van der Waals surface area (Å²) in [6.07, 6.45) is 2.44. The normalized spacial score (nSPS) is 22.2. The van der Waals surface area contributed by atoms with Crippen LogP contribution in [0.15, 0.2) is 18.2 Å². The Morgan fingerprint density at radius 3 is 3.06 bits per heavy atom. The topological polar surface area (TPSA) is 24.5 Å². The molecular formula is C15H22N2O. The zero-order valence-electron chi connectivity index (χ0n) is 11.3. The van der Waals surface area contributed by atoms with E-state index in [1.807, 2.05) is 0 Å². The largest absolute Gasteiger partial charge is 0.385 e. The summed E-state index contributed by atoms with van der Waals surface area (Å²) in [5.41, 5.74) is 4.08. The molecule has 1 N–H and O–H groups in total. The van der Waals surface area contributed by atoms with E-state index in [2.05, 4.69) is 42.3 Å². The van der Waals surface area contributed by atoms with Gasteiger partial charge in [-0.25, -0.2) is 0 Å². The first-order valence-electron chi connectivity index (χ1n) is 6.90. The molecule has 3 nitrogen and oxygen atoms in total. The van der Waals surface area contributed by atoms with Gasteiger partial charge in [0.1, 0.15) is 0 Å². The number of aryl methyl sites for hydroxylation is 1. The number of nitrogens with one attached hydrogen (secondary N) is 1. The Hall–Kier alpha value is -1.22. The van der Waals surface area contributed by atoms with Crippen molar-refractivity contribution in [2.75, 3.05) is 36.5 Å². The molecule has 18 heavy (non-hydrogen) atoms. The third-order valence-electron chi connectivity index (χ3n) is 3.82. The highest BCUT2D eigenvalue weighted by molar-refractivity contribution is 5.62. The number of rotatable bonds is 1. The average Bonchev–Trinajstić information content (AvgIpc) is 2.37. The molecule has 0 spiro atoms. The summed E-state index contributed by atoms with van der Waals surface area (Å²) in [6, 6.07) is 6.81. The number of nitrogens with zero attached hydrogens (tertiary/aromatic N) is 1. The van der Waals surface area contributed by atoms with Crippen LogP contribution in [0.5, 0.6) is 0 Å². The van der Waals surface area contributed by atoms with Crippen LogP contribution in [0.25, 0.3) is 0 Å². The van der Waals surface area contributed by atoms with Gasteiger partial charge in [0.05, 0.1) is 12.2 Å². The Morgan fingerprint density at radius 1 is 1.33 bits per heavy atom. The summed E-state index contributed by atoms with van der Waals surface area (Å²) in [4.78, 5) is 2.44. The van der Waals surface area contributed by atoms with Gasteiger partial charge >= 0.3 is 0 Å². The van der Waals surface area contributed by atoms with Gasteiger partial charge in [0, 0.05) is 31.0 Å². The van der Waals surface area contributed by atoms with Crippen molar-refractivity contribution in [2.45, 2.75) is 32.3 Å². The van der Waals surface area contributed by atoms with E-state index in [1.165, 1.54) is 29.8 Å². The van der Waals surface area contributed by atoms with Crippen LogP contribution in [0, 0.1) is 0 Å². The maximum absolute atomic E-state index is 5.78. The highest BCUT2D eigenvalue weighted by Crippen LogP contribution is 2.29. The van der Waals surface area contributed by atoms with Crippen molar-refractivity contribution in [1.29, 1.82) is 0 Å². The fourth-order valence-electron chi connectivity index (χ4n) is 2.89. The molecular weight excluding hydrogens is 224 g/mol. The maximum Gasteiger partial charge on any atom is 0.0801 e. The second-order valence-corrected chi connectivity index (χ2v) is 5.90. The molecule has 0 aliphatic carbocycles. The summed E-state index contributed by atoms with van der Waals surface area (Å²) in [7, 11) is 0. The fraction of sp³-hybridized carbons (Fsp3) is 0.600. The van der Waals surface area contributed by atoms with Gasteiger partial charge in [0.2, 0.25) is 0 Å². The second kappa shape index (κ2) is 4.47. The molecule has 2 heterocycles. The summed E-state index contributed by atoms with van der Waals surface area (Å²) in [5, 5.41) is 3.47. The van der Waals surface area contributed by atoms with Crippen LogP contribution in [0.3, 0.4) is 0 Å². The number of morpholine rings is 1. The number of fused-ring (bicyclic) bond motifs is 1. The van der Waals surface area contributed by atoms with E-state index in [-0.39, 0.29) is 5.60 Å². The lowest BCUT2D eigenvalue weighted by molar-refractivity contribution is -0.0276. The number of anilines is 2. The smallest absolute Gasteiger partial charge is 0.0801 e. The maximum atomic E-state index is 5.78. The first-order chi connectivity index (χ1) is 8.64. The molecule has 1 aromatic carbocycles. The Bertz CT molecular complexity index is 442. The Balaban J connectivity index is 1.83. The quantitative estimate of drug-likeness (QED) is 0.824. The molecule has 0 saturated carbocycles. The Morgan fingerprint density at radius 2 is 2.22 bits per heavy atom. The monoisotopic (exact) mass is 246 g/mol. The van der Waals surface area contributed by atoms with E-state index < -0.39 is 0 Å². The SMILES string of the molecule is CC1(C)CN(c2ccc3c(c2)CCCN3)CCO1.